The highest BCUT2D eigenvalue weighted by Gasteiger charge is 2.23. The molecule has 0 aliphatic carbocycles. The zero-order valence-corrected chi connectivity index (χ0v) is 16.7. The van der Waals surface area contributed by atoms with Crippen LogP contribution >= 0.6 is 0 Å². The molecule has 1 aliphatic heterocycles. The maximum Gasteiger partial charge on any atom is 0.138 e. The second-order valence-corrected chi connectivity index (χ2v) is 7.43. The Hall–Kier alpha value is -3.28. The lowest BCUT2D eigenvalue weighted by Gasteiger charge is -2.35. The summed E-state index contributed by atoms with van der Waals surface area (Å²) < 4.78 is 5.57. The third-order valence-corrected chi connectivity index (χ3v) is 5.54. The highest BCUT2D eigenvalue weighted by molar-refractivity contribution is 5.92. The van der Waals surface area contributed by atoms with Gasteiger partial charge in [-0.15, -0.1) is 0 Å². The molecule has 5 heteroatoms. The van der Waals surface area contributed by atoms with Gasteiger partial charge in [-0.1, -0.05) is 66.7 Å². The maximum atomic E-state index is 5.57. The Bertz CT molecular complexity index is 1110. The minimum atomic E-state index is 0.0296. The molecule has 0 amide bonds. The summed E-state index contributed by atoms with van der Waals surface area (Å²) in [6.07, 6.45) is 1.67. The Morgan fingerprint density at radius 1 is 0.800 bits per heavy atom. The molecule has 0 bridgehead atoms. The van der Waals surface area contributed by atoms with Gasteiger partial charge in [0.05, 0.1) is 18.7 Å². The summed E-state index contributed by atoms with van der Waals surface area (Å²) in [5.41, 5.74) is 4.48. The van der Waals surface area contributed by atoms with Gasteiger partial charge in [-0.25, -0.2) is 9.97 Å². The lowest BCUT2D eigenvalue weighted by molar-refractivity contribution is 0.0216. The van der Waals surface area contributed by atoms with Crippen molar-refractivity contribution in [2.24, 2.45) is 0 Å². The third kappa shape index (κ3) is 3.90. The quantitative estimate of drug-likeness (QED) is 0.528. The van der Waals surface area contributed by atoms with Crippen molar-refractivity contribution in [1.82, 2.24) is 14.9 Å². The van der Waals surface area contributed by atoms with E-state index in [2.05, 4.69) is 86.9 Å². The van der Waals surface area contributed by atoms with Crippen molar-refractivity contribution in [2.45, 2.75) is 6.17 Å². The normalized spacial score (nSPS) is 15.7. The van der Waals surface area contributed by atoms with Crippen molar-refractivity contribution in [3.05, 3.63) is 90.8 Å². The first-order valence-corrected chi connectivity index (χ1v) is 10.3. The Kier molecular flexibility index (Phi) is 5.38. The highest BCUT2D eigenvalue weighted by atomic mass is 16.5. The van der Waals surface area contributed by atoms with Gasteiger partial charge < -0.3 is 10.1 Å². The Morgan fingerprint density at radius 2 is 1.53 bits per heavy atom. The summed E-state index contributed by atoms with van der Waals surface area (Å²) >= 11 is 0. The fraction of sp³-hybridized carbons (Fsp3) is 0.200. The fourth-order valence-corrected chi connectivity index (χ4v) is 3.97. The van der Waals surface area contributed by atoms with E-state index in [-0.39, 0.29) is 6.17 Å². The van der Waals surface area contributed by atoms with Crippen LogP contribution in [0.3, 0.4) is 0 Å². The lowest BCUT2D eigenvalue weighted by atomic mass is 10.0. The molecule has 0 saturated carbocycles. The number of ether oxygens (including phenoxy) is 1. The van der Waals surface area contributed by atoms with Crippen LogP contribution in [0.2, 0.25) is 0 Å². The van der Waals surface area contributed by atoms with E-state index in [9.17, 15) is 0 Å². The van der Waals surface area contributed by atoms with E-state index in [0.717, 1.165) is 48.6 Å². The Labute approximate surface area is 176 Å². The van der Waals surface area contributed by atoms with E-state index in [0.29, 0.717) is 0 Å². The number of hydrogen-bond acceptors (Lipinski definition) is 5. The van der Waals surface area contributed by atoms with Gasteiger partial charge in [0, 0.05) is 18.5 Å². The molecule has 5 rings (SSSR count). The van der Waals surface area contributed by atoms with Crippen LogP contribution < -0.4 is 5.32 Å². The molecule has 4 aromatic rings. The number of fused-ring (bicyclic) bond motifs is 1. The van der Waals surface area contributed by atoms with Gasteiger partial charge in [-0.2, -0.15) is 0 Å². The van der Waals surface area contributed by atoms with Gasteiger partial charge >= 0.3 is 0 Å². The monoisotopic (exact) mass is 396 g/mol. The first kappa shape index (κ1) is 18.7. The van der Waals surface area contributed by atoms with Crippen LogP contribution in [0.25, 0.3) is 22.0 Å². The minimum Gasteiger partial charge on any atom is -0.379 e. The Morgan fingerprint density at radius 3 is 2.30 bits per heavy atom. The van der Waals surface area contributed by atoms with E-state index in [1.54, 1.807) is 6.33 Å². The zero-order chi connectivity index (χ0) is 20.2. The average Bonchev–Trinajstić information content (AvgIpc) is 2.84. The number of nitrogens with one attached hydrogen (secondary N) is 1. The molecule has 2 heterocycles. The molecule has 150 valence electrons. The third-order valence-electron chi connectivity index (χ3n) is 5.54. The predicted molar refractivity (Wildman–Crippen MR) is 120 cm³/mol. The number of rotatable bonds is 5. The van der Waals surface area contributed by atoms with Crippen molar-refractivity contribution >= 4 is 16.7 Å². The number of aromatic nitrogens is 2. The summed E-state index contributed by atoms with van der Waals surface area (Å²) in [6.45, 7) is 3.26. The zero-order valence-electron chi connectivity index (χ0n) is 16.7. The van der Waals surface area contributed by atoms with Crippen molar-refractivity contribution in [3.8, 4) is 11.1 Å². The van der Waals surface area contributed by atoms with E-state index >= 15 is 0 Å². The molecule has 5 nitrogen and oxygen atoms in total. The molecule has 30 heavy (non-hydrogen) atoms. The van der Waals surface area contributed by atoms with E-state index in [1.807, 2.05) is 12.1 Å². The molecular weight excluding hydrogens is 372 g/mol. The van der Waals surface area contributed by atoms with E-state index in [1.165, 1.54) is 11.1 Å². The van der Waals surface area contributed by atoms with Crippen molar-refractivity contribution < 1.29 is 4.74 Å². The van der Waals surface area contributed by atoms with Crippen LogP contribution in [0.4, 0.5) is 5.82 Å². The topological polar surface area (TPSA) is 50.3 Å². The molecule has 0 radical (unpaired) electrons. The second kappa shape index (κ2) is 8.61. The fourth-order valence-electron chi connectivity index (χ4n) is 3.97. The summed E-state index contributed by atoms with van der Waals surface area (Å²) in [7, 11) is 0. The van der Waals surface area contributed by atoms with Crippen molar-refractivity contribution in [2.75, 3.05) is 31.6 Å². The molecule has 1 saturated heterocycles. The molecule has 1 fully saturated rings. The van der Waals surface area contributed by atoms with Crippen LogP contribution in [0.15, 0.2) is 85.2 Å². The number of nitrogens with zero attached hydrogens (tertiary/aromatic N) is 3. The second-order valence-electron chi connectivity index (χ2n) is 7.43. The number of morpholine rings is 1. The SMILES string of the molecule is c1ccc(-c2ccc3c(NC(c4ccccc4)N4CCOCC4)ncnc3c2)cc1. The van der Waals surface area contributed by atoms with Gasteiger partial charge in [-0.3, -0.25) is 4.90 Å². The molecule has 0 spiro atoms. The number of anilines is 1. The Balaban J connectivity index is 1.51. The first-order chi connectivity index (χ1) is 14.9. The number of hydrogen-bond donors (Lipinski definition) is 1. The number of benzene rings is 3. The van der Waals surface area contributed by atoms with Crippen LogP contribution in [0.5, 0.6) is 0 Å². The molecule has 1 aliphatic rings. The molecular formula is C25H24N4O. The van der Waals surface area contributed by atoms with Crippen LogP contribution in [0, 0.1) is 0 Å². The van der Waals surface area contributed by atoms with E-state index in [4.69, 9.17) is 4.74 Å². The first-order valence-electron chi connectivity index (χ1n) is 10.3. The summed E-state index contributed by atoms with van der Waals surface area (Å²) in [4.78, 5) is 11.5. The van der Waals surface area contributed by atoms with Gasteiger partial charge in [0.1, 0.15) is 18.3 Å². The van der Waals surface area contributed by atoms with E-state index < -0.39 is 0 Å². The summed E-state index contributed by atoms with van der Waals surface area (Å²) in [5.74, 6) is 0.847. The smallest absolute Gasteiger partial charge is 0.138 e. The summed E-state index contributed by atoms with van der Waals surface area (Å²) in [5, 5.41) is 4.71. The molecule has 1 aromatic heterocycles. The highest BCUT2D eigenvalue weighted by Crippen LogP contribution is 2.29. The van der Waals surface area contributed by atoms with Gasteiger partial charge in [0.2, 0.25) is 0 Å². The van der Waals surface area contributed by atoms with Gasteiger partial charge in [0.25, 0.3) is 0 Å². The standard InChI is InChI=1S/C25H24N4O/c1-3-7-19(8-4-1)21-11-12-22-23(17-21)26-18-27-24(22)28-25(20-9-5-2-6-10-20)29-13-15-30-16-14-29/h1-12,17-18,25H,13-16H2,(H,26,27,28). The minimum absolute atomic E-state index is 0.0296. The predicted octanol–water partition coefficient (Wildman–Crippen LogP) is 4.74. The van der Waals surface area contributed by atoms with Gasteiger partial charge in [-0.05, 0) is 28.8 Å². The summed E-state index contributed by atoms with van der Waals surface area (Å²) in [6, 6.07) is 27.3. The van der Waals surface area contributed by atoms with Crippen LogP contribution in [0.1, 0.15) is 11.7 Å². The van der Waals surface area contributed by atoms with Crippen molar-refractivity contribution in [3.63, 3.8) is 0 Å². The maximum absolute atomic E-state index is 5.57. The molecule has 3 aromatic carbocycles. The van der Waals surface area contributed by atoms with Crippen LogP contribution in [-0.4, -0.2) is 41.2 Å². The van der Waals surface area contributed by atoms with Gasteiger partial charge in [0.15, 0.2) is 0 Å². The largest absolute Gasteiger partial charge is 0.379 e. The lowest BCUT2D eigenvalue weighted by Crippen LogP contribution is -2.42. The van der Waals surface area contributed by atoms with Crippen LogP contribution in [-0.2, 0) is 4.74 Å². The molecule has 1 unspecified atom stereocenters. The molecule has 1 atom stereocenters. The average molecular weight is 396 g/mol. The molecule has 1 N–H and O–H groups in total. The van der Waals surface area contributed by atoms with Crippen molar-refractivity contribution in [1.29, 1.82) is 0 Å².